The van der Waals surface area contributed by atoms with Gasteiger partial charge in [0.15, 0.2) is 0 Å². The Bertz CT molecular complexity index is 220. The van der Waals surface area contributed by atoms with Crippen LogP contribution in [-0.2, 0) is 0 Å². The predicted molar refractivity (Wildman–Crippen MR) is 59.9 cm³/mol. The second kappa shape index (κ2) is 4.84. The van der Waals surface area contributed by atoms with Crippen LogP contribution in [-0.4, -0.2) is 55.1 Å². The lowest BCUT2D eigenvalue weighted by atomic mass is 10.1. The number of nitrogens with one attached hydrogen (secondary N) is 1. The fourth-order valence-electron chi connectivity index (χ4n) is 2.45. The van der Waals surface area contributed by atoms with E-state index in [1.54, 1.807) is 0 Å². The van der Waals surface area contributed by atoms with Gasteiger partial charge in [0.25, 0.3) is 0 Å². The summed E-state index contributed by atoms with van der Waals surface area (Å²) in [6, 6.07) is 0.619. The molecule has 2 amide bonds. The highest BCUT2D eigenvalue weighted by Crippen LogP contribution is 2.14. The monoisotopic (exact) mass is 211 g/mol. The summed E-state index contributed by atoms with van der Waals surface area (Å²) in [5, 5.41) is 3.35. The minimum Gasteiger partial charge on any atom is -0.325 e. The lowest BCUT2D eigenvalue weighted by molar-refractivity contribution is 0.146. The van der Waals surface area contributed by atoms with Crippen molar-refractivity contribution in [1.82, 2.24) is 15.1 Å². The van der Waals surface area contributed by atoms with Crippen molar-refractivity contribution in [2.24, 2.45) is 0 Å². The van der Waals surface area contributed by atoms with E-state index in [9.17, 15) is 4.79 Å². The van der Waals surface area contributed by atoms with Crippen LogP contribution in [0.15, 0.2) is 0 Å². The van der Waals surface area contributed by atoms with Gasteiger partial charge in [-0.1, -0.05) is 0 Å². The fraction of sp³-hybridized carbons (Fsp3) is 0.909. The highest BCUT2D eigenvalue weighted by molar-refractivity contribution is 5.74. The first-order chi connectivity index (χ1) is 7.29. The van der Waals surface area contributed by atoms with Gasteiger partial charge < -0.3 is 15.1 Å². The lowest BCUT2D eigenvalue weighted by Gasteiger charge is -2.34. The van der Waals surface area contributed by atoms with E-state index in [0.29, 0.717) is 6.04 Å². The molecule has 0 bridgehead atoms. The summed E-state index contributed by atoms with van der Waals surface area (Å²) in [5.74, 6) is 0. The van der Waals surface area contributed by atoms with Crippen LogP contribution >= 0.6 is 0 Å². The van der Waals surface area contributed by atoms with Crippen LogP contribution in [0, 0.1) is 0 Å². The standard InChI is InChI=1S/C11H21N3O/c1-13(10-5-4-6-12-9-10)11(15)14-7-2-3-8-14/h10,12H,2-9H2,1H3. The number of hydrogen-bond donors (Lipinski definition) is 1. The first-order valence-electron chi connectivity index (χ1n) is 6.01. The molecule has 0 aliphatic carbocycles. The molecular weight excluding hydrogens is 190 g/mol. The average Bonchev–Trinajstić information content (AvgIpc) is 2.82. The molecule has 1 N–H and O–H groups in total. The fourth-order valence-corrected chi connectivity index (χ4v) is 2.45. The van der Waals surface area contributed by atoms with Gasteiger partial charge in [-0.15, -0.1) is 0 Å². The Morgan fingerprint density at radius 3 is 2.67 bits per heavy atom. The largest absolute Gasteiger partial charge is 0.325 e. The number of likely N-dealkylation sites (N-methyl/N-ethyl adjacent to an activating group) is 1. The third-order valence-corrected chi connectivity index (χ3v) is 3.50. The Hall–Kier alpha value is -0.770. The summed E-state index contributed by atoms with van der Waals surface area (Å²) >= 11 is 0. The van der Waals surface area contributed by atoms with Gasteiger partial charge >= 0.3 is 6.03 Å². The quantitative estimate of drug-likeness (QED) is 0.699. The molecule has 0 saturated carbocycles. The maximum atomic E-state index is 12.1. The topological polar surface area (TPSA) is 35.6 Å². The molecule has 4 heteroatoms. The van der Waals surface area contributed by atoms with Gasteiger partial charge in [-0.3, -0.25) is 0 Å². The van der Waals surface area contributed by atoms with Crippen molar-refractivity contribution >= 4 is 6.03 Å². The molecule has 1 unspecified atom stereocenters. The number of piperidine rings is 1. The zero-order chi connectivity index (χ0) is 10.7. The Morgan fingerprint density at radius 2 is 2.07 bits per heavy atom. The van der Waals surface area contributed by atoms with Gasteiger partial charge in [-0.05, 0) is 32.2 Å². The van der Waals surface area contributed by atoms with Crippen molar-refractivity contribution in [3.63, 3.8) is 0 Å². The van der Waals surface area contributed by atoms with Crippen molar-refractivity contribution in [2.75, 3.05) is 33.2 Å². The van der Waals surface area contributed by atoms with E-state index in [0.717, 1.165) is 32.6 Å². The number of nitrogens with zero attached hydrogens (tertiary/aromatic N) is 2. The molecule has 86 valence electrons. The van der Waals surface area contributed by atoms with E-state index in [1.807, 2.05) is 16.8 Å². The molecule has 2 rings (SSSR count). The Morgan fingerprint density at radius 1 is 1.33 bits per heavy atom. The van der Waals surface area contributed by atoms with Crippen LogP contribution in [0.2, 0.25) is 0 Å². The number of urea groups is 1. The zero-order valence-corrected chi connectivity index (χ0v) is 9.54. The molecule has 0 radical (unpaired) electrons. The summed E-state index contributed by atoms with van der Waals surface area (Å²) in [6.45, 7) is 3.95. The molecule has 2 heterocycles. The third kappa shape index (κ3) is 2.43. The minimum absolute atomic E-state index is 0.223. The van der Waals surface area contributed by atoms with Crippen LogP contribution in [0.5, 0.6) is 0 Å². The smallest absolute Gasteiger partial charge is 0.320 e. The zero-order valence-electron chi connectivity index (χ0n) is 9.54. The van der Waals surface area contributed by atoms with E-state index in [4.69, 9.17) is 0 Å². The average molecular weight is 211 g/mol. The Balaban J connectivity index is 1.87. The molecule has 2 aliphatic rings. The van der Waals surface area contributed by atoms with Gasteiger partial charge in [-0.25, -0.2) is 4.79 Å². The minimum atomic E-state index is 0.223. The Kier molecular flexibility index (Phi) is 3.46. The van der Waals surface area contributed by atoms with Crippen molar-refractivity contribution in [3.05, 3.63) is 0 Å². The van der Waals surface area contributed by atoms with Gasteiger partial charge in [0.1, 0.15) is 0 Å². The van der Waals surface area contributed by atoms with Crippen molar-refractivity contribution < 1.29 is 4.79 Å². The molecule has 2 aliphatic heterocycles. The highest BCUT2D eigenvalue weighted by Gasteiger charge is 2.26. The number of carbonyl (C=O) groups is 1. The van der Waals surface area contributed by atoms with Crippen LogP contribution in [0.3, 0.4) is 0 Å². The van der Waals surface area contributed by atoms with E-state index >= 15 is 0 Å². The molecule has 0 spiro atoms. The first kappa shape index (κ1) is 10.7. The molecular formula is C11H21N3O. The second-order valence-corrected chi connectivity index (χ2v) is 4.59. The van der Waals surface area contributed by atoms with E-state index < -0.39 is 0 Å². The van der Waals surface area contributed by atoms with Crippen molar-refractivity contribution in [3.8, 4) is 0 Å². The van der Waals surface area contributed by atoms with Gasteiger partial charge in [0.05, 0.1) is 0 Å². The molecule has 0 aromatic heterocycles. The summed E-state index contributed by atoms with van der Waals surface area (Å²) in [4.78, 5) is 16.0. The molecule has 0 aromatic carbocycles. The number of likely N-dealkylation sites (tertiary alicyclic amines) is 1. The summed E-state index contributed by atoms with van der Waals surface area (Å²) in [5.41, 5.74) is 0. The van der Waals surface area contributed by atoms with Crippen LogP contribution in [0.1, 0.15) is 25.7 Å². The first-order valence-corrected chi connectivity index (χ1v) is 6.01. The van der Waals surface area contributed by atoms with Gasteiger partial charge in [0.2, 0.25) is 0 Å². The van der Waals surface area contributed by atoms with Crippen LogP contribution in [0.4, 0.5) is 4.79 Å². The molecule has 2 saturated heterocycles. The molecule has 15 heavy (non-hydrogen) atoms. The molecule has 1 atom stereocenters. The van der Waals surface area contributed by atoms with E-state index in [1.165, 1.54) is 19.3 Å². The summed E-state index contributed by atoms with van der Waals surface area (Å²) in [6.07, 6.45) is 4.66. The van der Waals surface area contributed by atoms with Crippen LogP contribution in [0.25, 0.3) is 0 Å². The normalized spacial score (nSPS) is 26.7. The maximum Gasteiger partial charge on any atom is 0.320 e. The van der Waals surface area contributed by atoms with E-state index in [-0.39, 0.29) is 6.03 Å². The maximum absolute atomic E-state index is 12.1. The van der Waals surface area contributed by atoms with Gasteiger partial charge in [0, 0.05) is 32.7 Å². The highest BCUT2D eigenvalue weighted by atomic mass is 16.2. The predicted octanol–water partition coefficient (Wildman–Crippen LogP) is 0.886. The second-order valence-electron chi connectivity index (χ2n) is 4.59. The van der Waals surface area contributed by atoms with Crippen molar-refractivity contribution in [2.45, 2.75) is 31.7 Å². The number of rotatable bonds is 1. The number of carbonyl (C=O) groups excluding carboxylic acids is 1. The number of amides is 2. The van der Waals surface area contributed by atoms with Crippen LogP contribution < -0.4 is 5.32 Å². The summed E-state index contributed by atoms with van der Waals surface area (Å²) < 4.78 is 0. The lowest BCUT2D eigenvalue weighted by Crippen LogP contribution is -2.50. The molecule has 2 fully saturated rings. The molecule has 0 aromatic rings. The Labute approximate surface area is 91.6 Å². The van der Waals surface area contributed by atoms with Gasteiger partial charge in [-0.2, -0.15) is 0 Å². The van der Waals surface area contributed by atoms with Crippen molar-refractivity contribution in [1.29, 1.82) is 0 Å². The third-order valence-electron chi connectivity index (χ3n) is 3.50. The van der Waals surface area contributed by atoms with E-state index in [2.05, 4.69) is 5.32 Å². The SMILES string of the molecule is CN(C(=O)N1CCCC1)C1CCCNC1. The summed E-state index contributed by atoms with van der Waals surface area (Å²) in [7, 11) is 1.94. The molecule has 4 nitrogen and oxygen atoms in total. The number of hydrogen-bond acceptors (Lipinski definition) is 2.